The summed E-state index contributed by atoms with van der Waals surface area (Å²) in [5, 5.41) is 4.04. The maximum absolute atomic E-state index is 4.04. The van der Waals surface area contributed by atoms with Crippen molar-refractivity contribution < 1.29 is 0 Å². The highest BCUT2D eigenvalue weighted by Crippen LogP contribution is 2.37. The van der Waals surface area contributed by atoms with Crippen LogP contribution in [-0.2, 0) is 0 Å². The summed E-state index contributed by atoms with van der Waals surface area (Å²) in [6, 6.07) is 3.31. The lowest BCUT2D eigenvalue weighted by Gasteiger charge is -2.48. The van der Waals surface area contributed by atoms with Crippen LogP contribution >= 0.6 is 0 Å². The van der Waals surface area contributed by atoms with Gasteiger partial charge in [0, 0.05) is 24.2 Å². The largest absolute Gasteiger partial charge is 0.311 e. The maximum atomic E-state index is 4.04. The fourth-order valence-electron chi connectivity index (χ4n) is 4.93. The molecular weight excluding hydrogens is 232 g/mol. The third-order valence-electron chi connectivity index (χ3n) is 6.02. The Morgan fingerprint density at radius 3 is 2.26 bits per heavy atom. The quantitative estimate of drug-likeness (QED) is 0.820. The van der Waals surface area contributed by atoms with Crippen LogP contribution in [0.2, 0.25) is 0 Å². The van der Waals surface area contributed by atoms with Crippen LogP contribution in [-0.4, -0.2) is 36.1 Å². The highest BCUT2D eigenvalue weighted by molar-refractivity contribution is 4.95. The molecule has 0 spiro atoms. The van der Waals surface area contributed by atoms with Gasteiger partial charge in [-0.25, -0.2) is 0 Å². The highest BCUT2D eigenvalue weighted by Gasteiger charge is 2.37. The van der Waals surface area contributed by atoms with Gasteiger partial charge in [-0.05, 0) is 57.4 Å². The van der Waals surface area contributed by atoms with Crippen LogP contribution in [0.4, 0.5) is 0 Å². The molecule has 3 atom stereocenters. The van der Waals surface area contributed by atoms with E-state index in [0.717, 1.165) is 24.2 Å². The number of piperidine rings is 2. The zero-order valence-electron chi connectivity index (χ0n) is 13.1. The second-order valence-electron chi connectivity index (χ2n) is 8.20. The molecule has 3 fully saturated rings. The third kappa shape index (κ3) is 3.16. The third-order valence-corrected chi connectivity index (χ3v) is 6.02. The van der Waals surface area contributed by atoms with Crippen LogP contribution in [0.3, 0.4) is 0 Å². The zero-order chi connectivity index (χ0) is 13.5. The molecule has 1 saturated carbocycles. The summed E-state index contributed by atoms with van der Waals surface area (Å²) in [6.07, 6.45) is 12.7. The van der Waals surface area contributed by atoms with E-state index in [1.165, 1.54) is 57.8 Å². The van der Waals surface area contributed by atoms with Gasteiger partial charge in [-0.15, -0.1) is 0 Å². The predicted molar refractivity (Wildman–Crippen MR) is 81.4 cm³/mol. The van der Waals surface area contributed by atoms with Gasteiger partial charge >= 0.3 is 0 Å². The molecule has 3 aliphatic rings. The van der Waals surface area contributed by atoms with Crippen molar-refractivity contribution in [1.29, 1.82) is 0 Å². The minimum Gasteiger partial charge on any atom is -0.311 e. The van der Waals surface area contributed by atoms with Gasteiger partial charge < -0.3 is 10.2 Å². The van der Waals surface area contributed by atoms with E-state index in [2.05, 4.69) is 31.1 Å². The first kappa shape index (κ1) is 13.9. The van der Waals surface area contributed by atoms with Crippen molar-refractivity contribution in [2.45, 2.75) is 95.8 Å². The fourth-order valence-corrected chi connectivity index (χ4v) is 4.93. The molecule has 110 valence electrons. The number of fused-ring (bicyclic) bond motifs is 2. The molecule has 0 aromatic rings. The summed E-state index contributed by atoms with van der Waals surface area (Å²) in [4.78, 5) is 2.67. The molecule has 2 heterocycles. The van der Waals surface area contributed by atoms with Gasteiger partial charge in [0.15, 0.2) is 0 Å². The van der Waals surface area contributed by atoms with Crippen LogP contribution < -0.4 is 5.32 Å². The Morgan fingerprint density at radius 2 is 1.63 bits per heavy atom. The van der Waals surface area contributed by atoms with Crippen molar-refractivity contribution in [3.05, 3.63) is 0 Å². The molecule has 3 rings (SSSR count). The van der Waals surface area contributed by atoms with Gasteiger partial charge in [0.1, 0.15) is 0 Å². The Hall–Kier alpha value is -0.0800. The van der Waals surface area contributed by atoms with Crippen LogP contribution in [0.1, 0.15) is 71.6 Å². The number of hydrogen-bond acceptors (Lipinski definition) is 2. The predicted octanol–water partition coefficient (Wildman–Crippen LogP) is 3.56. The Bertz CT molecular complexity index is 298. The van der Waals surface area contributed by atoms with Crippen molar-refractivity contribution in [1.82, 2.24) is 10.2 Å². The lowest BCUT2D eigenvalue weighted by Crippen LogP contribution is -2.56. The molecule has 1 aliphatic carbocycles. The van der Waals surface area contributed by atoms with E-state index in [4.69, 9.17) is 0 Å². The molecule has 2 nitrogen and oxygen atoms in total. The summed E-state index contributed by atoms with van der Waals surface area (Å²) in [7, 11) is 2.36. The Morgan fingerprint density at radius 1 is 0.947 bits per heavy atom. The molecule has 2 aliphatic heterocycles. The lowest BCUT2D eigenvalue weighted by atomic mass is 9.74. The van der Waals surface area contributed by atoms with Crippen molar-refractivity contribution in [3.63, 3.8) is 0 Å². The average Bonchev–Trinajstić information content (AvgIpc) is 2.29. The van der Waals surface area contributed by atoms with Crippen molar-refractivity contribution in [3.8, 4) is 0 Å². The molecule has 2 saturated heterocycles. The van der Waals surface area contributed by atoms with Crippen LogP contribution in [0.25, 0.3) is 0 Å². The zero-order valence-corrected chi connectivity index (χ0v) is 13.1. The van der Waals surface area contributed by atoms with Gasteiger partial charge in [0.05, 0.1) is 0 Å². The SMILES string of the molecule is CN1C2CCCC1CC(NC1CCCC(C)(C)C1)C2. The fraction of sp³-hybridized carbons (Fsp3) is 1.00. The molecule has 1 N–H and O–H groups in total. The Balaban J connectivity index is 1.56. The maximum Gasteiger partial charge on any atom is 0.0110 e. The van der Waals surface area contributed by atoms with Crippen LogP contribution in [0.5, 0.6) is 0 Å². The summed E-state index contributed by atoms with van der Waals surface area (Å²) in [5.74, 6) is 0. The number of rotatable bonds is 2. The minimum atomic E-state index is 0.567. The van der Waals surface area contributed by atoms with E-state index in [1.54, 1.807) is 0 Å². The van der Waals surface area contributed by atoms with Gasteiger partial charge in [0.25, 0.3) is 0 Å². The van der Waals surface area contributed by atoms with E-state index in [1.807, 2.05) is 0 Å². The summed E-state index contributed by atoms with van der Waals surface area (Å²) < 4.78 is 0. The van der Waals surface area contributed by atoms with Crippen LogP contribution in [0, 0.1) is 5.41 Å². The number of nitrogens with one attached hydrogen (secondary N) is 1. The Labute approximate surface area is 119 Å². The first-order valence-electron chi connectivity index (χ1n) is 8.51. The standard InChI is InChI=1S/C17H32N2/c1-17(2)9-5-6-13(12-17)18-14-10-15-7-4-8-16(11-14)19(15)3/h13-16,18H,4-12H2,1-3H3. The first-order chi connectivity index (χ1) is 9.03. The summed E-state index contributed by atoms with van der Waals surface area (Å²) >= 11 is 0. The van der Waals surface area contributed by atoms with E-state index in [-0.39, 0.29) is 0 Å². The molecule has 0 aromatic carbocycles. The summed E-state index contributed by atoms with van der Waals surface area (Å²) in [5.41, 5.74) is 0.567. The molecule has 3 unspecified atom stereocenters. The van der Waals surface area contributed by atoms with Gasteiger partial charge in [-0.2, -0.15) is 0 Å². The average molecular weight is 264 g/mol. The normalized spacial score (nSPS) is 43.1. The second-order valence-corrected chi connectivity index (χ2v) is 8.20. The van der Waals surface area contributed by atoms with Gasteiger partial charge in [-0.3, -0.25) is 0 Å². The van der Waals surface area contributed by atoms with Crippen molar-refractivity contribution >= 4 is 0 Å². The van der Waals surface area contributed by atoms with E-state index < -0.39 is 0 Å². The molecule has 0 aromatic heterocycles. The number of hydrogen-bond donors (Lipinski definition) is 1. The van der Waals surface area contributed by atoms with Crippen molar-refractivity contribution in [2.75, 3.05) is 7.05 Å². The van der Waals surface area contributed by atoms with Crippen LogP contribution in [0.15, 0.2) is 0 Å². The second kappa shape index (κ2) is 5.37. The highest BCUT2D eigenvalue weighted by atomic mass is 15.2. The van der Waals surface area contributed by atoms with E-state index in [0.29, 0.717) is 5.41 Å². The summed E-state index contributed by atoms with van der Waals surface area (Å²) in [6.45, 7) is 4.90. The monoisotopic (exact) mass is 264 g/mol. The molecule has 2 heteroatoms. The molecule has 0 radical (unpaired) electrons. The van der Waals surface area contributed by atoms with Gasteiger partial charge in [0.2, 0.25) is 0 Å². The van der Waals surface area contributed by atoms with Crippen molar-refractivity contribution in [2.24, 2.45) is 5.41 Å². The molecule has 2 bridgehead atoms. The number of nitrogens with zero attached hydrogens (tertiary/aromatic N) is 1. The molecule has 19 heavy (non-hydrogen) atoms. The topological polar surface area (TPSA) is 15.3 Å². The minimum absolute atomic E-state index is 0.567. The lowest BCUT2D eigenvalue weighted by molar-refractivity contribution is 0.0415. The van der Waals surface area contributed by atoms with E-state index in [9.17, 15) is 0 Å². The molecule has 0 amide bonds. The Kier molecular flexibility index (Phi) is 3.92. The smallest absolute Gasteiger partial charge is 0.0110 e. The molecular formula is C17H32N2. The first-order valence-corrected chi connectivity index (χ1v) is 8.51. The van der Waals surface area contributed by atoms with E-state index >= 15 is 0 Å². The van der Waals surface area contributed by atoms with Gasteiger partial charge in [-0.1, -0.05) is 26.7 Å².